The van der Waals surface area contributed by atoms with Crippen LogP contribution in [0.1, 0.15) is 30.7 Å². The molecular weight excluding hydrogens is 391 g/mol. The van der Waals surface area contributed by atoms with Gasteiger partial charge in [0.15, 0.2) is 11.6 Å². The van der Waals surface area contributed by atoms with Crippen LogP contribution < -0.4 is 4.74 Å². The Morgan fingerprint density at radius 1 is 1.21 bits per heavy atom. The Hall–Kier alpha value is -2.54. The SMILES string of the molecule is COc1ccc(-c2nc(CC3CC3)nn2-c2ccc(F)c(Cl)c2)cc1C(F)F. The van der Waals surface area contributed by atoms with Crippen molar-refractivity contribution in [2.45, 2.75) is 25.7 Å². The summed E-state index contributed by atoms with van der Waals surface area (Å²) >= 11 is 5.92. The molecule has 1 saturated carbocycles. The van der Waals surface area contributed by atoms with Crippen LogP contribution in [0.4, 0.5) is 13.2 Å². The maximum atomic E-state index is 13.6. The Morgan fingerprint density at radius 2 is 2.00 bits per heavy atom. The molecule has 1 fully saturated rings. The molecule has 0 atom stereocenters. The Labute approximate surface area is 164 Å². The minimum atomic E-state index is -2.70. The molecule has 146 valence electrons. The summed E-state index contributed by atoms with van der Waals surface area (Å²) in [6.45, 7) is 0. The van der Waals surface area contributed by atoms with Gasteiger partial charge in [0.2, 0.25) is 0 Å². The van der Waals surface area contributed by atoms with Gasteiger partial charge in [0.1, 0.15) is 11.6 Å². The lowest BCUT2D eigenvalue weighted by Crippen LogP contribution is -2.01. The normalized spacial score (nSPS) is 13.9. The van der Waals surface area contributed by atoms with Crippen LogP contribution in [0, 0.1) is 11.7 Å². The van der Waals surface area contributed by atoms with Gasteiger partial charge in [-0.15, -0.1) is 0 Å². The molecule has 4 nitrogen and oxygen atoms in total. The zero-order valence-electron chi connectivity index (χ0n) is 15.0. The fraction of sp³-hybridized carbons (Fsp3) is 0.300. The summed E-state index contributed by atoms with van der Waals surface area (Å²) < 4.78 is 47.0. The lowest BCUT2D eigenvalue weighted by atomic mass is 10.1. The lowest BCUT2D eigenvalue weighted by molar-refractivity contribution is 0.147. The standard InChI is InChI=1S/C20H17ClF3N3O/c1-28-17-7-4-12(9-14(17)19(23)24)20-25-18(8-11-2-3-11)26-27(20)13-5-6-16(22)15(21)10-13/h4-7,9-11,19H,2-3,8H2,1H3. The summed E-state index contributed by atoms with van der Waals surface area (Å²) in [6.07, 6.45) is 0.277. The second-order valence-corrected chi connectivity index (χ2v) is 7.17. The third-order valence-electron chi connectivity index (χ3n) is 4.69. The van der Waals surface area contributed by atoms with Crippen molar-refractivity contribution in [1.82, 2.24) is 14.8 Å². The number of nitrogens with zero attached hydrogens (tertiary/aromatic N) is 3. The minimum Gasteiger partial charge on any atom is -0.496 e. The number of aromatic nitrogens is 3. The summed E-state index contributed by atoms with van der Waals surface area (Å²) in [5.74, 6) is 1.12. The topological polar surface area (TPSA) is 39.9 Å². The molecule has 1 aromatic heterocycles. The first kappa shape index (κ1) is 18.8. The van der Waals surface area contributed by atoms with Gasteiger partial charge in [-0.3, -0.25) is 0 Å². The van der Waals surface area contributed by atoms with Crippen molar-refractivity contribution in [2.24, 2.45) is 5.92 Å². The van der Waals surface area contributed by atoms with Crippen LogP contribution in [-0.2, 0) is 6.42 Å². The molecule has 28 heavy (non-hydrogen) atoms. The summed E-state index contributed by atoms with van der Waals surface area (Å²) in [7, 11) is 1.34. The Morgan fingerprint density at radius 3 is 2.64 bits per heavy atom. The average molecular weight is 408 g/mol. The van der Waals surface area contributed by atoms with E-state index in [-0.39, 0.29) is 16.3 Å². The van der Waals surface area contributed by atoms with E-state index in [0.29, 0.717) is 35.2 Å². The first-order chi connectivity index (χ1) is 13.5. The van der Waals surface area contributed by atoms with Crippen LogP contribution in [0.2, 0.25) is 5.02 Å². The quantitative estimate of drug-likeness (QED) is 0.532. The minimum absolute atomic E-state index is 0.0503. The maximum absolute atomic E-state index is 13.6. The van der Waals surface area contributed by atoms with Crippen LogP contribution in [0.5, 0.6) is 5.75 Å². The fourth-order valence-corrected chi connectivity index (χ4v) is 3.22. The maximum Gasteiger partial charge on any atom is 0.267 e. The van der Waals surface area contributed by atoms with Crippen molar-refractivity contribution in [3.8, 4) is 22.8 Å². The van der Waals surface area contributed by atoms with Gasteiger partial charge >= 0.3 is 0 Å². The van der Waals surface area contributed by atoms with Gasteiger partial charge in [0.25, 0.3) is 6.43 Å². The van der Waals surface area contributed by atoms with E-state index < -0.39 is 12.2 Å². The van der Waals surface area contributed by atoms with E-state index in [1.807, 2.05) is 0 Å². The van der Waals surface area contributed by atoms with Crippen molar-refractivity contribution in [1.29, 1.82) is 0 Å². The molecule has 0 aliphatic heterocycles. The number of ether oxygens (including phenoxy) is 1. The molecule has 0 saturated heterocycles. The van der Waals surface area contributed by atoms with Crippen LogP contribution in [0.25, 0.3) is 17.1 Å². The summed E-state index contributed by atoms with van der Waals surface area (Å²) in [6, 6.07) is 8.68. The largest absolute Gasteiger partial charge is 0.496 e. The van der Waals surface area contributed by atoms with E-state index in [1.54, 1.807) is 6.07 Å². The van der Waals surface area contributed by atoms with Crippen molar-refractivity contribution in [2.75, 3.05) is 7.11 Å². The molecule has 0 spiro atoms. The highest BCUT2D eigenvalue weighted by molar-refractivity contribution is 6.30. The molecule has 3 aromatic rings. The van der Waals surface area contributed by atoms with Crippen LogP contribution in [0.3, 0.4) is 0 Å². The zero-order chi connectivity index (χ0) is 19.8. The predicted octanol–water partition coefficient (Wildman–Crippen LogP) is 5.63. The molecule has 2 aromatic carbocycles. The third-order valence-corrected chi connectivity index (χ3v) is 4.98. The number of rotatable bonds is 6. The third kappa shape index (κ3) is 3.71. The molecule has 0 unspecified atom stereocenters. The smallest absolute Gasteiger partial charge is 0.267 e. The predicted molar refractivity (Wildman–Crippen MR) is 99.7 cm³/mol. The number of hydrogen-bond acceptors (Lipinski definition) is 3. The van der Waals surface area contributed by atoms with Gasteiger partial charge in [-0.05, 0) is 55.2 Å². The number of methoxy groups -OCH3 is 1. The van der Waals surface area contributed by atoms with Gasteiger partial charge in [-0.1, -0.05) is 11.6 Å². The molecular formula is C20H17ClF3N3O. The zero-order valence-corrected chi connectivity index (χ0v) is 15.8. The Balaban J connectivity index is 1.84. The van der Waals surface area contributed by atoms with E-state index in [0.717, 1.165) is 12.8 Å². The number of halogens is 4. The molecule has 4 rings (SSSR count). The number of hydrogen-bond donors (Lipinski definition) is 0. The van der Waals surface area contributed by atoms with E-state index in [1.165, 1.54) is 42.1 Å². The van der Waals surface area contributed by atoms with Crippen LogP contribution >= 0.6 is 11.6 Å². The summed E-state index contributed by atoms with van der Waals surface area (Å²) in [4.78, 5) is 4.57. The van der Waals surface area contributed by atoms with Gasteiger partial charge in [0.05, 0.1) is 23.4 Å². The summed E-state index contributed by atoms with van der Waals surface area (Å²) in [5.41, 5.74) is 0.742. The highest BCUT2D eigenvalue weighted by atomic mass is 35.5. The average Bonchev–Trinajstić information content (AvgIpc) is 3.40. The summed E-state index contributed by atoms with van der Waals surface area (Å²) in [5, 5.41) is 4.48. The van der Waals surface area contributed by atoms with Gasteiger partial charge in [-0.2, -0.15) is 5.10 Å². The van der Waals surface area contributed by atoms with Gasteiger partial charge in [0, 0.05) is 12.0 Å². The van der Waals surface area contributed by atoms with Crippen LogP contribution in [-0.4, -0.2) is 21.9 Å². The molecule has 0 N–H and O–H groups in total. The first-order valence-corrected chi connectivity index (χ1v) is 9.22. The van der Waals surface area contributed by atoms with E-state index in [9.17, 15) is 13.2 Å². The van der Waals surface area contributed by atoms with Gasteiger partial charge < -0.3 is 4.74 Å². The molecule has 8 heteroatoms. The number of alkyl halides is 2. The molecule has 1 heterocycles. The van der Waals surface area contributed by atoms with E-state index >= 15 is 0 Å². The second kappa shape index (κ2) is 7.47. The fourth-order valence-electron chi connectivity index (χ4n) is 3.05. The molecule has 0 bridgehead atoms. The highest BCUT2D eigenvalue weighted by Crippen LogP contribution is 2.35. The molecule has 0 amide bonds. The Bertz CT molecular complexity index is 1020. The lowest BCUT2D eigenvalue weighted by Gasteiger charge is -2.11. The van der Waals surface area contributed by atoms with Gasteiger partial charge in [-0.25, -0.2) is 22.8 Å². The van der Waals surface area contributed by atoms with Crippen molar-refractivity contribution in [3.63, 3.8) is 0 Å². The second-order valence-electron chi connectivity index (χ2n) is 6.77. The first-order valence-electron chi connectivity index (χ1n) is 8.84. The molecule has 1 aliphatic rings. The highest BCUT2D eigenvalue weighted by Gasteiger charge is 2.25. The van der Waals surface area contributed by atoms with E-state index in [2.05, 4.69) is 10.1 Å². The van der Waals surface area contributed by atoms with E-state index in [4.69, 9.17) is 16.3 Å². The van der Waals surface area contributed by atoms with Crippen LogP contribution in [0.15, 0.2) is 36.4 Å². The monoisotopic (exact) mass is 407 g/mol. The van der Waals surface area contributed by atoms with Crippen molar-refractivity contribution >= 4 is 11.6 Å². The molecule has 0 radical (unpaired) electrons. The number of benzene rings is 2. The molecule has 1 aliphatic carbocycles. The van der Waals surface area contributed by atoms with Crippen molar-refractivity contribution < 1.29 is 17.9 Å². The Kier molecular flexibility index (Phi) is 5.02. The van der Waals surface area contributed by atoms with Crippen molar-refractivity contribution in [3.05, 3.63) is 58.6 Å².